The van der Waals surface area contributed by atoms with Gasteiger partial charge < -0.3 is 19.6 Å². The SMILES string of the molecule is Cc1ccc(N(c2ccc(C)cc2)c2c3c(c(N(c4ccc(C)cc4)c4ccc(C)cc4)c(N(c4ccc(C)cc4)c4ccc(C)cc4)c2N(c2ccc(C)cc2)c2ccc(C)cc2)C2(c4ccccc4-c4ccccc42)c2ccccc2-3)cc1. The van der Waals surface area contributed by atoms with Crippen LogP contribution in [0.2, 0.25) is 0 Å². The number of aryl methyl sites for hydroxylation is 8. The molecule has 0 aliphatic heterocycles. The molecule has 412 valence electrons. The highest BCUT2D eigenvalue weighted by Crippen LogP contribution is 2.72. The van der Waals surface area contributed by atoms with Crippen molar-refractivity contribution in [1.29, 1.82) is 0 Å². The summed E-state index contributed by atoms with van der Waals surface area (Å²) in [5, 5.41) is 0. The summed E-state index contributed by atoms with van der Waals surface area (Å²) in [5.41, 5.74) is 30.8. The molecule has 85 heavy (non-hydrogen) atoms. The van der Waals surface area contributed by atoms with Crippen molar-refractivity contribution >= 4 is 68.2 Å². The highest BCUT2D eigenvalue weighted by Gasteiger charge is 2.56. The summed E-state index contributed by atoms with van der Waals surface area (Å²) in [4.78, 5) is 10.4. The Hall–Kier alpha value is -10.2. The molecular weight excluding hydrogens is 1030 g/mol. The molecule has 0 unspecified atom stereocenters. The Kier molecular flexibility index (Phi) is 13.2. The van der Waals surface area contributed by atoms with Crippen LogP contribution in [-0.4, -0.2) is 0 Å². The van der Waals surface area contributed by atoms with Gasteiger partial charge in [-0.05, 0) is 186 Å². The van der Waals surface area contributed by atoms with Gasteiger partial charge in [0.25, 0.3) is 0 Å². The maximum atomic E-state index is 2.61. The number of hydrogen-bond acceptors (Lipinski definition) is 4. The molecule has 0 bridgehead atoms. The number of anilines is 12. The molecule has 0 atom stereocenters. The van der Waals surface area contributed by atoms with Crippen LogP contribution in [-0.2, 0) is 5.41 Å². The number of benzene rings is 12. The van der Waals surface area contributed by atoms with Crippen LogP contribution in [0.15, 0.2) is 267 Å². The lowest BCUT2D eigenvalue weighted by molar-refractivity contribution is 0.792. The Labute approximate surface area is 501 Å². The number of rotatable bonds is 12. The average molecular weight is 1100 g/mol. The fourth-order valence-electron chi connectivity index (χ4n) is 13.3. The lowest BCUT2D eigenvalue weighted by Crippen LogP contribution is -2.31. The molecule has 2 aliphatic rings. The molecular formula is C81H68N4. The average Bonchev–Trinajstić information content (AvgIpc) is 1.60. The van der Waals surface area contributed by atoms with Gasteiger partial charge in [0.2, 0.25) is 0 Å². The summed E-state index contributed by atoms with van der Waals surface area (Å²) in [6.45, 7) is 17.5. The van der Waals surface area contributed by atoms with Crippen molar-refractivity contribution in [2.45, 2.75) is 60.8 Å². The Morgan fingerprint density at radius 1 is 0.200 bits per heavy atom. The van der Waals surface area contributed by atoms with Gasteiger partial charge in [0.1, 0.15) is 0 Å². The molecule has 4 heteroatoms. The maximum absolute atomic E-state index is 2.61. The second-order valence-corrected chi connectivity index (χ2v) is 23.6. The van der Waals surface area contributed by atoms with Crippen LogP contribution in [0, 0.1) is 55.4 Å². The van der Waals surface area contributed by atoms with Gasteiger partial charge in [-0.1, -0.05) is 214 Å². The van der Waals surface area contributed by atoms with E-state index in [1.54, 1.807) is 0 Å². The molecule has 12 aromatic rings. The summed E-state index contributed by atoms with van der Waals surface area (Å²) in [7, 11) is 0. The van der Waals surface area contributed by atoms with Crippen molar-refractivity contribution in [3.8, 4) is 22.3 Å². The fraction of sp³-hybridized carbons (Fsp3) is 0.111. The van der Waals surface area contributed by atoms with E-state index in [0.717, 1.165) is 73.8 Å². The van der Waals surface area contributed by atoms with Crippen LogP contribution < -0.4 is 19.6 Å². The van der Waals surface area contributed by atoms with E-state index in [0.29, 0.717) is 0 Å². The fourth-order valence-corrected chi connectivity index (χ4v) is 13.3. The molecule has 0 amide bonds. The summed E-state index contributed by atoms with van der Waals surface area (Å²) in [6.07, 6.45) is 0. The Bertz CT molecular complexity index is 4220. The highest BCUT2D eigenvalue weighted by atomic mass is 15.3. The van der Waals surface area contributed by atoms with E-state index in [1.165, 1.54) is 83.5 Å². The first-order chi connectivity index (χ1) is 41.5. The lowest BCUT2D eigenvalue weighted by atomic mass is 9.69. The first-order valence-corrected chi connectivity index (χ1v) is 29.7. The van der Waals surface area contributed by atoms with Gasteiger partial charge in [-0.25, -0.2) is 0 Å². The zero-order valence-electron chi connectivity index (χ0n) is 49.7. The van der Waals surface area contributed by atoms with E-state index in [1.807, 2.05) is 0 Å². The molecule has 12 aromatic carbocycles. The normalized spacial score (nSPS) is 12.3. The second kappa shape index (κ2) is 21.2. The summed E-state index contributed by atoms with van der Waals surface area (Å²) in [5.74, 6) is 0. The predicted octanol–water partition coefficient (Wildman–Crippen LogP) is 22.4. The van der Waals surface area contributed by atoms with E-state index in [9.17, 15) is 0 Å². The molecule has 0 saturated carbocycles. The molecule has 0 saturated heterocycles. The Morgan fingerprint density at radius 2 is 0.400 bits per heavy atom. The van der Waals surface area contributed by atoms with Gasteiger partial charge in [0.05, 0.1) is 28.2 Å². The Morgan fingerprint density at radius 3 is 0.671 bits per heavy atom. The van der Waals surface area contributed by atoms with Crippen molar-refractivity contribution in [3.63, 3.8) is 0 Å². The van der Waals surface area contributed by atoms with Gasteiger partial charge in [-0.15, -0.1) is 0 Å². The van der Waals surface area contributed by atoms with Crippen molar-refractivity contribution in [2.75, 3.05) is 19.6 Å². The van der Waals surface area contributed by atoms with E-state index >= 15 is 0 Å². The van der Waals surface area contributed by atoms with E-state index in [2.05, 4.69) is 342 Å². The van der Waals surface area contributed by atoms with E-state index in [-0.39, 0.29) is 0 Å². The zero-order valence-corrected chi connectivity index (χ0v) is 49.7. The predicted molar refractivity (Wildman–Crippen MR) is 359 cm³/mol. The number of fused-ring (bicyclic) bond motifs is 10. The highest BCUT2D eigenvalue weighted by molar-refractivity contribution is 6.18. The van der Waals surface area contributed by atoms with Gasteiger partial charge in [0.15, 0.2) is 0 Å². The molecule has 0 heterocycles. The first kappa shape index (κ1) is 52.9. The minimum atomic E-state index is -0.860. The Balaban J connectivity index is 1.35. The van der Waals surface area contributed by atoms with Crippen LogP contribution in [0.5, 0.6) is 0 Å². The van der Waals surface area contributed by atoms with Gasteiger partial charge in [-0.3, -0.25) is 0 Å². The largest absolute Gasteiger partial charge is 0.308 e. The number of hydrogen-bond donors (Lipinski definition) is 0. The van der Waals surface area contributed by atoms with Crippen LogP contribution in [0.4, 0.5) is 68.2 Å². The topological polar surface area (TPSA) is 13.0 Å². The van der Waals surface area contributed by atoms with Gasteiger partial charge in [-0.2, -0.15) is 0 Å². The van der Waals surface area contributed by atoms with Crippen LogP contribution in [0.3, 0.4) is 0 Å². The van der Waals surface area contributed by atoms with E-state index in [4.69, 9.17) is 0 Å². The standard InChI is InChI=1S/C81H68N4/c1-53-21-37-61(38-22-53)82(62-39-23-54(2)24-40-62)77-75-71-17-11-14-20-74(71)81(72-18-12-9-15-69(72)70-16-10-13-19-73(70)81)76(75)78(83(63-41-25-55(3)26-42-63)64-43-27-56(4)28-44-64)80(85(67-49-33-59(7)34-50-67)68-51-35-60(8)36-52-68)79(77)84(65-45-29-57(5)30-46-65)66-47-31-58(6)32-48-66/h9-52H,1-8H3. The molecule has 0 aromatic heterocycles. The van der Waals surface area contributed by atoms with Crippen molar-refractivity contribution in [3.05, 3.63) is 334 Å². The van der Waals surface area contributed by atoms with Crippen molar-refractivity contribution in [1.82, 2.24) is 0 Å². The van der Waals surface area contributed by atoms with Crippen LogP contribution in [0.25, 0.3) is 22.3 Å². The van der Waals surface area contributed by atoms with Crippen LogP contribution >= 0.6 is 0 Å². The quantitative estimate of drug-likeness (QED) is 0.121. The third-order valence-corrected chi connectivity index (χ3v) is 17.6. The molecule has 14 rings (SSSR count). The lowest BCUT2D eigenvalue weighted by Gasteiger charge is -2.44. The van der Waals surface area contributed by atoms with E-state index < -0.39 is 5.41 Å². The summed E-state index contributed by atoms with van der Waals surface area (Å²) >= 11 is 0. The summed E-state index contributed by atoms with van der Waals surface area (Å²) < 4.78 is 0. The zero-order chi connectivity index (χ0) is 58.1. The minimum Gasteiger partial charge on any atom is -0.308 e. The van der Waals surface area contributed by atoms with Crippen molar-refractivity contribution < 1.29 is 0 Å². The third-order valence-electron chi connectivity index (χ3n) is 17.6. The smallest absolute Gasteiger partial charge is 0.0975 e. The monoisotopic (exact) mass is 1100 g/mol. The second-order valence-electron chi connectivity index (χ2n) is 23.6. The van der Waals surface area contributed by atoms with Gasteiger partial charge >= 0.3 is 0 Å². The van der Waals surface area contributed by atoms with Crippen LogP contribution in [0.1, 0.15) is 66.8 Å². The molecule has 2 aliphatic carbocycles. The van der Waals surface area contributed by atoms with Gasteiger partial charge in [0, 0.05) is 56.6 Å². The van der Waals surface area contributed by atoms with Crippen molar-refractivity contribution in [2.24, 2.45) is 0 Å². The molecule has 0 radical (unpaired) electrons. The first-order valence-electron chi connectivity index (χ1n) is 29.7. The molecule has 4 nitrogen and oxygen atoms in total. The molecule has 1 spiro atoms. The number of nitrogens with zero attached hydrogens (tertiary/aromatic N) is 4. The molecule has 0 N–H and O–H groups in total. The molecule has 0 fully saturated rings. The third kappa shape index (κ3) is 8.91. The maximum Gasteiger partial charge on any atom is 0.0975 e. The summed E-state index contributed by atoms with van der Waals surface area (Å²) in [6, 6.07) is 101. The minimum absolute atomic E-state index is 0.860.